The van der Waals surface area contributed by atoms with E-state index >= 15 is 0 Å². The minimum atomic E-state index is 0.629. The van der Waals surface area contributed by atoms with E-state index in [0.717, 1.165) is 27.5 Å². The van der Waals surface area contributed by atoms with E-state index in [4.69, 9.17) is 23.2 Å². The summed E-state index contributed by atoms with van der Waals surface area (Å²) in [7, 11) is 0. The average molecular weight is 365 g/mol. The molecule has 0 aliphatic carbocycles. The van der Waals surface area contributed by atoms with E-state index in [1.165, 1.54) is 11.8 Å². The molecule has 0 bridgehead atoms. The van der Waals surface area contributed by atoms with Crippen LogP contribution in [0.4, 0.5) is 0 Å². The molecular formula is C16H14Cl2N4S. The molecule has 0 spiro atoms. The smallest absolute Gasteiger partial charge is 0.187 e. The number of nitrogens with zero attached hydrogens (tertiary/aromatic N) is 4. The van der Waals surface area contributed by atoms with Gasteiger partial charge in [-0.3, -0.25) is 0 Å². The maximum absolute atomic E-state index is 6.22. The summed E-state index contributed by atoms with van der Waals surface area (Å²) in [6.45, 7) is 4.10. The summed E-state index contributed by atoms with van der Waals surface area (Å²) in [5.41, 5.74) is 4.27. The first kappa shape index (κ1) is 16.3. The highest BCUT2D eigenvalue weighted by atomic mass is 35.5. The Morgan fingerprint density at radius 2 is 1.83 bits per heavy atom. The van der Waals surface area contributed by atoms with Crippen molar-refractivity contribution < 1.29 is 0 Å². The van der Waals surface area contributed by atoms with Crippen molar-refractivity contribution in [1.82, 2.24) is 20.2 Å². The summed E-state index contributed by atoms with van der Waals surface area (Å²) in [5, 5.41) is 14.1. The lowest BCUT2D eigenvalue weighted by atomic mass is 10.1. The summed E-state index contributed by atoms with van der Waals surface area (Å²) >= 11 is 13.7. The number of aryl methyl sites for hydroxylation is 2. The van der Waals surface area contributed by atoms with Gasteiger partial charge in [-0.2, -0.15) is 4.68 Å². The van der Waals surface area contributed by atoms with Crippen molar-refractivity contribution in [3.05, 3.63) is 63.1 Å². The standard InChI is InChI=1S/C16H14Cl2N4S/c1-10-4-3-5-11(2)15(10)22-16(19-20-21-22)23-9-12-6-7-13(17)8-14(12)18/h3-8H,9H2,1-2H3. The SMILES string of the molecule is Cc1cccc(C)c1-n1nnnc1SCc1ccc(Cl)cc1Cl. The molecule has 0 fully saturated rings. The van der Waals surface area contributed by atoms with Crippen LogP contribution in [0, 0.1) is 13.8 Å². The zero-order valence-corrected chi connectivity index (χ0v) is 15.0. The van der Waals surface area contributed by atoms with Gasteiger partial charge in [-0.15, -0.1) is 5.10 Å². The molecule has 0 N–H and O–H groups in total. The Balaban J connectivity index is 1.87. The van der Waals surface area contributed by atoms with E-state index in [1.807, 2.05) is 18.2 Å². The molecule has 23 heavy (non-hydrogen) atoms. The van der Waals surface area contributed by atoms with E-state index in [1.54, 1.807) is 10.7 Å². The molecule has 0 unspecified atom stereocenters. The highest BCUT2D eigenvalue weighted by Gasteiger charge is 2.14. The van der Waals surface area contributed by atoms with Crippen LogP contribution in [0.15, 0.2) is 41.6 Å². The van der Waals surface area contributed by atoms with Gasteiger partial charge < -0.3 is 0 Å². The highest BCUT2D eigenvalue weighted by Crippen LogP contribution is 2.29. The van der Waals surface area contributed by atoms with Crippen LogP contribution in [0.1, 0.15) is 16.7 Å². The fourth-order valence-electron chi connectivity index (χ4n) is 2.33. The van der Waals surface area contributed by atoms with Crippen LogP contribution in [-0.2, 0) is 5.75 Å². The topological polar surface area (TPSA) is 43.6 Å². The Morgan fingerprint density at radius 3 is 2.52 bits per heavy atom. The first-order valence-electron chi connectivity index (χ1n) is 6.98. The number of rotatable bonds is 4. The molecule has 0 aliphatic rings. The zero-order valence-electron chi connectivity index (χ0n) is 12.6. The van der Waals surface area contributed by atoms with Crippen LogP contribution in [0.3, 0.4) is 0 Å². The monoisotopic (exact) mass is 364 g/mol. The Bertz CT molecular complexity index is 828. The molecule has 118 valence electrons. The highest BCUT2D eigenvalue weighted by molar-refractivity contribution is 7.98. The van der Waals surface area contributed by atoms with Gasteiger partial charge >= 0.3 is 0 Å². The van der Waals surface area contributed by atoms with E-state index in [9.17, 15) is 0 Å². The second kappa shape index (κ2) is 6.91. The van der Waals surface area contributed by atoms with Crippen LogP contribution < -0.4 is 0 Å². The van der Waals surface area contributed by atoms with Crippen LogP contribution in [0.5, 0.6) is 0 Å². The minimum absolute atomic E-state index is 0.629. The molecular weight excluding hydrogens is 351 g/mol. The van der Waals surface area contributed by atoms with Crippen molar-refractivity contribution in [2.24, 2.45) is 0 Å². The second-order valence-electron chi connectivity index (χ2n) is 5.14. The minimum Gasteiger partial charge on any atom is -0.187 e. The largest absolute Gasteiger partial charge is 0.214 e. The summed E-state index contributed by atoms with van der Waals surface area (Å²) in [5.74, 6) is 0.668. The van der Waals surface area contributed by atoms with Gasteiger partial charge in [0.1, 0.15) is 0 Å². The van der Waals surface area contributed by atoms with Gasteiger partial charge in [0.05, 0.1) is 5.69 Å². The van der Waals surface area contributed by atoms with E-state index in [2.05, 4.69) is 41.5 Å². The van der Waals surface area contributed by atoms with Crippen molar-refractivity contribution in [2.75, 3.05) is 0 Å². The quantitative estimate of drug-likeness (QED) is 0.618. The maximum atomic E-state index is 6.22. The molecule has 0 amide bonds. The van der Waals surface area contributed by atoms with Gasteiger partial charge in [-0.05, 0) is 53.1 Å². The predicted molar refractivity (Wildman–Crippen MR) is 94.7 cm³/mol. The number of aromatic nitrogens is 4. The van der Waals surface area contributed by atoms with Crippen LogP contribution >= 0.6 is 35.0 Å². The molecule has 1 heterocycles. The van der Waals surface area contributed by atoms with Gasteiger partial charge in [-0.1, -0.05) is 59.2 Å². The number of benzene rings is 2. The fraction of sp³-hybridized carbons (Fsp3) is 0.188. The molecule has 0 saturated carbocycles. The van der Waals surface area contributed by atoms with Gasteiger partial charge in [0.15, 0.2) is 0 Å². The number of hydrogen-bond acceptors (Lipinski definition) is 4. The first-order valence-corrected chi connectivity index (χ1v) is 8.72. The van der Waals surface area contributed by atoms with Gasteiger partial charge in [-0.25, -0.2) is 0 Å². The molecule has 3 aromatic rings. The number of tetrazole rings is 1. The molecule has 7 heteroatoms. The van der Waals surface area contributed by atoms with Crippen molar-refractivity contribution in [2.45, 2.75) is 24.8 Å². The molecule has 0 radical (unpaired) electrons. The van der Waals surface area contributed by atoms with Crippen LogP contribution in [-0.4, -0.2) is 20.2 Å². The van der Waals surface area contributed by atoms with Crippen molar-refractivity contribution >= 4 is 35.0 Å². The second-order valence-corrected chi connectivity index (χ2v) is 6.92. The number of para-hydroxylation sites is 1. The molecule has 0 atom stereocenters. The zero-order chi connectivity index (χ0) is 16.4. The van der Waals surface area contributed by atoms with Crippen molar-refractivity contribution in [3.8, 4) is 5.69 Å². The average Bonchev–Trinajstić information content (AvgIpc) is 2.94. The third-order valence-corrected chi connectivity index (χ3v) is 5.02. The van der Waals surface area contributed by atoms with Gasteiger partial charge in [0, 0.05) is 15.8 Å². The third-order valence-electron chi connectivity index (χ3n) is 3.46. The first-order chi connectivity index (χ1) is 11.1. The summed E-state index contributed by atoms with van der Waals surface area (Å²) in [6.07, 6.45) is 0. The van der Waals surface area contributed by atoms with Crippen LogP contribution in [0.2, 0.25) is 10.0 Å². The lowest BCUT2D eigenvalue weighted by Gasteiger charge is -2.10. The lowest BCUT2D eigenvalue weighted by Crippen LogP contribution is -2.04. The third kappa shape index (κ3) is 3.52. The summed E-state index contributed by atoms with van der Waals surface area (Å²) in [4.78, 5) is 0. The summed E-state index contributed by atoms with van der Waals surface area (Å²) in [6, 6.07) is 11.6. The Hall–Kier alpha value is -1.56. The molecule has 4 nitrogen and oxygen atoms in total. The summed E-state index contributed by atoms with van der Waals surface area (Å²) < 4.78 is 1.78. The van der Waals surface area contributed by atoms with E-state index in [-0.39, 0.29) is 0 Å². The van der Waals surface area contributed by atoms with Gasteiger partial charge in [0.25, 0.3) is 0 Å². The molecule has 2 aromatic carbocycles. The number of halogens is 2. The Labute approximate surface area is 148 Å². The van der Waals surface area contributed by atoms with E-state index < -0.39 is 0 Å². The van der Waals surface area contributed by atoms with E-state index in [0.29, 0.717) is 15.8 Å². The molecule has 0 saturated heterocycles. The molecule has 3 rings (SSSR count). The Kier molecular flexibility index (Phi) is 4.90. The fourth-order valence-corrected chi connectivity index (χ4v) is 3.77. The molecule has 0 aliphatic heterocycles. The number of hydrogen-bond donors (Lipinski definition) is 0. The number of thioether (sulfide) groups is 1. The van der Waals surface area contributed by atoms with Crippen molar-refractivity contribution in [1.29, 1.82) is 0 Å². The molecule has 1 aromatic heterocycles. The maximum Gasteiger partial charge on any atom is 0.214 e. The lowest BCUT2D eigenvalue weighted by molar-refractivity contribution is 0.747. The Morgan fingerprint density at radius 1 is 1.09 bits per heavy atom. The predicted octanol–water partition coefficient (Wildman–Crippen LogP) is 4.88. The van der Waals surface area contributed by atoms with Crippen molar-refractivity contribution in [3.63, 3.8) is 0 Å². The van der Waals surface area contributed by atoms with Crippen LogP contribution in [0.25, 0.3) is 5.69 Å². The van der Waals surface area contributed by atoms with Gasteiger partial charge in [0.2, 0.25) is 5.16 Å². The normalized spacial score (nSPS) is 11.0.